The number of fused-ring (bicyclic) bond motifs is 1. The highest BCUT2D eigenvalue weighted by Gasteiger charge is 2.36. The van der Waals surface area contributed by atoms with Crippen molar-refractivity contribution in [3.05, 3.63) is 34.0 Å². The summed E-state index contributed by atoms with van der Waals surface area (Å²) in [5.41, 5.74) is -0.950. The first-order valence-corrected chi connectivity index (χ1v) is 7.04. The second-order valence-electron chi connectivity index (χ2n) is 5.06. The smallest absolute Gasteiger partial charge is 0.420 e. The zero-order valence-corrected chi connectivity index (χ0v) is 12.9. The third-order valence-electron chi connectivity index (χ3n) is 3.18. The molecule has 0 atom stereocenters. The average Bonchev–Trinajstić information content (AvgIpc) is 2.74. The number of ether oxygens (including phenoxy) is 1. The summed E-state index contributed by atoms with van der Waals surface area (Å²) >= 11 is 6.02. The van der Waals surface area contributed by atoms with Crippen molar-refractivity contribution in [2.75, 3.05) is 6.61 Å². The van der Waals surface area contributed by atoms with Gasteiger partial charge in [-0.15, -0.1) is 0 Å². The number of esters is 1. The molecule has 0 saturated carbocycles. The second-order valence-corrected chi connectivity index (χ2v) is 5.44. The van der Waals surface area contributed by atoms with Crippen molar-refractivity contribution in [3.8, 4) is 0 Å². The predicted molar refractivity (Wildman–Crippen MR) is 76.3 cm³/mol. The lowest BCUT2D eigenvalue weighted by atomic mass is 9.98. The maximum Gasteiger partial charge on any atom is 0.420 e. The maximum atomic E-state index is 13.2. The van der Waals surface area contributed by atoms with Gasteiger partial charge in [0.15, 0.2) is 0 Å². The Labute approximate surface area is 130 Å². The number of carbonyl (C=O) groups is 1. The van der Waals surface area contributed by atoms with E-state index >= 15 is 0 Å². The summed E-state index contributed by atoms with van der Waals surface area (Å²) in [5.74, 6) is -1.43. The molecule has 0 amide bonds. The van der Waals surface area contributed by atoms with Gasteiger partial charge in [-0.3, -0.25) is 0 Å². The van der Waals surface area contributed by atoms with Crippen LogP contribution in [0.15, 0.2) is 16.5 Å². The van der Waals surface area contributed by atoms with Crippen molar-refractivity contribution in [2.24, 2.45) is 0 Å². The van der Waals surface area contributed by atoms with Gasteiger partial charge in [0.05, 0.1) is 12.2 Å². The monoisotopic (exact) mass is 334 g/mol. The van der Waals surface area contributed by atoms with Gasteiger partial charge < -0.3 is 9.15 Å². The van der Waals surface area contributed by atoms with E-state index in [1.54, 1.807) is 20.8 Å². The number of hydrogen-bond acceptors (Lipinski definition) is 3. The van der Waals surface area contributed by atoms with E-state index < -0.39 is 29.1 Å². The molecule has 0 aliphatic carbocycles. The van der Waals surface area contributed by atoms with Crippen LogP contribution in [-0.2, 0) is 10.9 Å². The Hall–Kier alpha value is -1.69. The first-order chi connectivity index (χ1) is 10.2. The van der Waals surface area contributed by atoms with Crippen LogP contribution in [0, 0.1) is 0 Å². The molecule has 1 heterocycles. The average molecular weight is 335 g/mol. The minimum absolute atomic E-state index is 0.0586. The van der Waals surface area contributed by atoms with E-state index in [2.05, 4.69) is 0 Å². The molecule has 0 unspecified atom stereocenters. The standard InChI is InChI=1S/C15H14ClF3O3/c1-4-21-14(20)13-11(16)9-5-8(7(2)3)6-10(12(9)22-13)15(17,18)19/h5-7H,4H2,1-3H3. The minimum Gasteiger partial charge on any atom is -0.460 e. The molecule has 3 nitrogen and oxygen atoms in total. The summed E-state index contributed by atoms with van der Waals surface area (Å²) in [5, 5.41) is -0.107. The number of furan rings is 1. The molecule has 1 aromatic heterocycles. The van der Waals surface area contributed by atoms with Crippen LogP contribution < -0.4 is 0 Å². The van der Waals surface area contributed by atoms with Crippen LogP contribution in [0.25, 0.3) is 11.0 Å². The molecule has 0 aliphatic heterocycles. The van der Waals surface area contributed by atoms with E-state index in [9.17, 15) is 18.0 Å². The first kappa shape index (κ1) is 16.7. The topological polar surface area (TPSA) is 39.4 Å². The number of carbonyl (C=O) groups excluding carboxylic acids is 1. The van der Waals surface area contributed by atoms with Crippen LogP contribution in [-0.4, -0.2) is 12.6 Å². The molecule has 0 spiro atoms. The highest BCUT2D eigenvalue weighted by molar-refractivity contribution is 6.38. The molecular formula is C15H14ClF3O3. The van der Waals surface area contributed by atoms with Crippen molar-refractivity contribution in [1.82, 2.24) is 0 Å². The van der Waals surface area contributed by atoms with Gasteiger partial charge in [0.2, 0.25) is 5.76 Å². The summed E-state index contributed by atoms with van der Waals surface area (Å²) in [6, 6.07) is 2.52. The fourth-order valence-corrected chi connectivity index (χ4v) is 2.32. The van der Waals surface area contributed by atoms with Crippen LogP contribution in [0.1, 0.15) is 48.4 Å². The Kier molecular flexibility index (Phi) is 4.42. The van der Waals surface area contributed by atoms with Gasteiger partial charge in [-0.05, 0) is 30.5 Å². The van der Waals surface area contributed by atoms with Crippen molar-refractivity contribution >= 4 is 28.5 Å². The second kappa shape index (κ2) is 5.83. The lowest BCUT2D eigenvalue weighted by Crippen LogP contribution is -2.06. The summed E-state index contributed by atoms with van der Waals surface area (Å²) in [6.07, 6.45) is -4.61. The van der Waals surface area contributed by atoms with Gasteiger partial charge in [-0.2, -0.15) is 13.2 Å². The fraction of sp³-hybridized carbons (Fsp3) is 0.400. The molecule has 2 rings (SSSR count). The molecule has 1 aromatic carbocycles. The quantitative estimate of drug-likeness (QED) is 0.705. The molecule has 0 bridgehead atoms. The highest BCUT2D eigenvalue weighted by Crippen LogP contribution is 2.41. The van der Waals surface area contributed by atoms with Gasteiger partial charge in [0, 0.05) is 5.39 Å². The van der Waals surface area contributed by atoms with Crippen molar-refractivity contribution in [1.29, 1.82) is 0 Å². The Morgan fingerprint density at radius 2 is 2.00 bits per heavy atom. The van der Waals surface area contributed by atoms with E-state index in [4.69, 9.17) is 20.8 Å². The molecule has 0 fully saturated rings. The zero-order chi connectivity index (χ0) is 16.7. The first-order valence-electron chi connectivity index (χ1n) is 6.67. The van der Waals surface area contributed by atoms with Crippen LogP contribution in [0.4, 0.5) is 13.2 Å². The van der Waals surface area contributed by atoms with Crippen LogP contribution in [0.2, 0.25) is 5.02 Å². The number of benzene rings is 1. The normalized spacial score (nSPS) is 12.2. The van der Waals surface area contributed by atoms with Crippen LogP contribution in [0.3, 0.4) is 0 Å². The molecule has 0 radical (unpaired) electrons. The van der Waals surface area contributed by atoms with Crippen molar-refractivity contribution < 1.29 is 27.1 Å². The molecule has 120 valence electrons. The van der Waals surface area contributed by atoms with Gasteiger partial charge in [0.1, 0.15) is 10.6 Å². The predicted octanol–water partition coefficient (Wildman–Crippen LogP) is 5.41. The highest BCUT2D eigenvalue weighted by atomic mass is 35.5. The fourth-order valence-electron chi connectivity index (χ4n) is 2.07. The summed E-state index contributed by atoms with van der Waals surface area (Å²) in [4.78, 5) is 11.7. The minimum atomic E-state index is -4.61. The lowest BCUT2D eigenvalue weighted by Gasteiger charge is -2.11. The van der Waals surface area contributed by atoms with Crippen molar-refractivity contribution in [2.45, 2.75) is 32.9 Å². The number of hydrogen-bond donors (Lipinski definition) is 0. The summed E-state index contributed by atoms with van der Waals surface area (Å²) < 4.78 is 49.5. The molecule has 0 saturated heterocycles. The Morgan fingerprint density at radius 3 is 2.50 bits per heavy atom. The molecule has 0 N–H and O–H groups in total. The number of rotatable bonds is 3. The van der Waals surface area contributed by atoms with E-state index in [1.165, 1.54) is 6.07 Å². The molecule has 22 heavy (non-hydrogen) atoms. The third kappa shape index (κ3) is 2.92. The van der Waals surface area contributed by atoms with Crippen LogP contribution in [0.5, 0.6) is 0 Å². The SMILES string of the molecule is CCOC(=O)c1oc2c(C(F)(F)F)cc(C(C)C)cc2c1Cl. The Balaban J connectivity index is 2.77. The zero-order valence-electron chi connectivity index (χ0n) is 12.2. The molecular weight excluding hydrogens is 321 g/mol. The number of alkyl halides is 3. The van der Waals surface area contributed by atoms with E-state index in [0.717, 1.165) is 6.07 Å². The van der Waals surface area contributed by atoms with E-state index in [1.807, 2.05) is 0 Å². The van der Waals surface area contributed by atoms with Gasteiger partial charge in [-0.25, -0.2) is 4.79 Å². The Bertz CT molecular complexity index is 717. The number of halogens is 4. The Morgan fingerprint density at radius 1 is 1.36 bits per heavy atom. The van der Waals surface area contributed by atoms with E-state index in [-0.39, 0.29) is 22.9 Å². The summed E-state index contributed by atoms with van der Waals surface area (Å²) in [6.45, 7) is 5.17. The summed E-state index contributed by atoms with van der Waals surface area (Å²) in [7, 11) is 0. The molecule has 0 aliphatic rings. The van der Waals surface area contributed by atoms with Crippen LogP contribution >= 0.6 is 11.6 Å². The van der Waals surface area contributed by atoms with Gasteiger partial charge in [0.25, 0.3) is 0 Å². The maximum absolute atomic E-state index is 13.2. The lowest BCUT2D eigenvalue weighted by molar-refractivity contribution is -0.136. The molecule has 7 heteroatoms. The largest absolute Gasteiger partial charge is 0.460 e. The van der Waals surface area contributed by atoms with Crippen molar-refractivity contribution in [3.63, 3.8) is 0 Å². The molecule has 2 aromatic rings. The van der Waals surface area contributed by atoms with Gasteiger partial charge in [-0.1, -0.05) is 25.4 Å². The third-order valence-corrected chi connectivity index (χ3v) is 3.56. The van der Waals surface area contributed by atoms with E-state index in [0.29, 0.717) is 5.56 Å². The van der Waals surface area contributed by atoms with Gasteiger partial charge >= 0.3 is 12.1 Å².